The second-order valence-corrected chi connectivity index (χ2v) is 2.42. The summed E-state index contributed by atoms with van der Waals surface area (Å²) in [6.45, 7) is 0. The van der Waals surface area contributed by atoms with Crippen LogP contribution in [0.4, 0.5) is 0 Å². The molecule has 7 heavy (non-hydrogen) atoms. The maximum atomic E-state index is 9.44. The van der Waals surface area contributed by atoms with Gasteiger partial charge >= 0.3 is 7.60 Å². The van der Waals surface area contributed by atoms with Crippen LogP contribution < -0.4 is 6.15 Å². The highest BCUT2D eigenvalue weighted by atomic mass is 31.2. The van der Waals surface area contributed by atoms with Crippen molar-refractivity contribution in [1.29, 1.82) is 0 Å². The number of hydrogen-bond acceptors (Lipinski definition) is 3. The van der Waals surface area contributed by atoms with Gasteiger partial charge in [0.05, 0.1) is 0 Å². The molecule has 0 bridgehead atoms. The Bertz CT molecular complexity index is 75.8. The van der Waals surface area contributed by atoms with Gasteiger partial charge in [0.1, 0.15) is 6.35 Å². The van der Waals surface area contributed by atoms with Crippen molar-refractivity contribution >= 4 is 7.60 Å². The molecule has 6 N–H and O–H groups in total. The highest BCUT2D eigenvalue weighted by Crippen LogP contribution is 2.31. The fraction of sp³-hybridized carbons (Fsp3) is 1.00. The van der Waals surface area contributed by atoms with E-state index in [1.54, 1.807) is 0 Å². The molecule has 0 saturated heterocycles. The molecule has 0 aliphatic carbocycles. The quantitative estimate of drug-likeness (QED) is 0.349. The Morgan fingerprint density at radius 3 is 1.57 bits per heavy atom. The molecule has 6 heteroatoms. The molecule has 0 amide bonds. The maximum Gasteiger partial charge on any atom is 0.350 e. The fourth-order valence-corrected chi connectivity index (χ4v) is 0. The zero-order chi connectivity index (χ0) is 5.21. The van der Waals surface area contributed by atoms with Gasteiger partial charge in [-0.1, -0.05) is 0 Å². The smallest absolute Gasteiger partial charge is 0.350 e. The second-order valence-electron chi connectivity index (χ2n) is 0.806. The third-order valence-electron chi connectivity index (χ3n) is 0.184. The Labute approximate surface area is 40.7 Å². The molecule has 0 aliphatic rings. The lowest BCUT2D eigenvalue weighted by Gasteiger charge is -1.92. The van der Waals surface area contributed by atoms with Gasteiger partial charge in [-0.05, 0) is 0 Å². The Morgan fingerprint density at radius 2 is 1.57 bits per heavy atom. The highest BCUT2D eigenvalue weighted by molar-refractivity contribution is 7.51. The SMILES string of the molecule is N.O=P(O)(O)CO. The Balaban J connectivity index is 0. The minimum absolute atomic E-state index is 0. The molecule has 0 aromatic heterocycles. The van der Waals surface area contributed by atoms with Crippen molar-refractivity contribution in [3.05, 3.63) is 0 Å². The summed E-state index contributed by atoms with van der Waals surface area (Å²) >= 11 is 0. The van der Waals surface area contributed by atoms with Crippen molar-refractivity contribution < 1.29 is 19.5 Å². The monoisotopic (exact) mass is 129 g/mol. The summed E-state index contributed by atoms with van der Waals surface area (Å²) in [5.74, 6) is 0. The first kappa shape index (κ1) is 10.1. The van der Waals surface area contributed by atoms with Crippen molar-refractivity contribution in [2.45, 2.75) is 0 Å². The average Bonchev–Trinajstić information content (AvgIpc) is 1.35. The summed E-state index contributed by atoms with van der Waals surface area (Å²) in [4.78, 5) is 15.4. The van der Waals surface area contributed by atoms with E-state index in [1.165, 1.54) is 0 Å². The molecule has 0 atom stereocenters. The minimum atomic E-state index is -4.09. The van der Waals surface area contributed by atoms with E-state index in [2.05, 4.69) is 0 Å². The van der Waals surface area contributed by atoms with Crippen LogP contribution in [0.5, 0.6) is 0 Å². The van der Waals surface area contributed by atoms with Crippen LogP contribution in [-0.2, 0) is 4.57 Å². The molecular weight excluding hydrogens is 121 g/mol. The molecule has 0 spiro atoms. The standard InChI is InChI=1S/CH5O4P.H3N/c2-1-6(3,4)5;/h2H,1H2,(H2,3,4,5);1H3. The molecule has 0 radical (unpaired) electrons. The van der Waals surface area contributed by atoms with Crippen LogP contribution in [0.1, 0.15) is 0 Å². The normalized spacial score (nSPS) is 10.1. The van der Waals surface area contributed by atoms with E-state index in [4.69, 9.17) is 14.9 Å². The van der Waals surface area contributed by atoms with E-state index < -0.39 is 13.9 Å². The molecule has 5 nitrogen and oxygen atoms in total. The molecule has 0 aliphatic heterocycles. The number of aliphatic hydroxyl groups excluding tert-OH is 1. The van der Waals surface area contributed by atoms with Crippen LogP contribution >= 0.6 is 7.60 Å². The van der Waals surface area contributed by atoms with Gasteiger partial charge in [0, 0.05) is 0 Å². The van der Waals surface area contributed by atoms with Crippen LogP contribution in [0.2, 0.25) is 0 Å². The van der Waals surface area contributed by atoms with E-state index in [0.29, 0.717) is 0 Å². The summed E-state index contributed by atoms with van der Waals surface area (Å²) in [6, 6.07) is 0. The zero-order valence-corrected chi connectivity index (χ0v) is 4.51. The first-order valence-electron chi connectivity index (χ1n) is 1.22. The molecule has 0 aromatic carbocycles. The lowest BCUT2D eigenvalue weighted by atomic mass is 11.7. The molecule has 0 saturated carbocycles. The lowest BCUT2D eigenvalue weighted by molar-refractivity contribution is 0.287. The van der Waals surface area contributed by atoms with Crippen LogP contribution in [0.3, 0.4) is 0 Å². The molecule has 0 heterocycles. The molecular formula is CH8NO4P. The summed E-state index contributed by atoms with van der Waals surface area (Å²) in [7, 11) is -4.09. The van der Waals surface area contributed by atoms with E-state index in [-0.39, 0.29) is 6.15 Å². The van der Waals surface area contributed by atoms with Crippen LogP contribution in [-0.4, -0.2) is 21.2 Å². The summed E-state index contributed by atoms with van der Waals surface area (Å²) in [5.41, 5.74) is 0. The zero-order valence-electron chi connectivity index (χ0n) is 3.61. The van der Waals surface area contributed by atoms with Crippen molar-refractivity contribution in [1.82, 2.24) is 6.15 Å². The number of hydrogen-bond donors (Lipinski definition) is 4. The molecule has 46 valence electrons. The summed E-state index contributed by atoms with van der Waals surface area (Å²) < 4.78 is 9.44. The largest absolute Gasteiger partial charge is 0.384 e. The summed E-state index contributed by atoms with van der Waals surface area (Å²) in [5, 5.41) is 7.64. The van der Waals surface area contributed by atoms with Gasteiger partial charge < -0.3 is 21.0 Å². The van der Waals surface area contributed by atoms with Gasteiger partial charge in [-0.15, -0.1) is 0 Å². The van der Waals surface area contributed by atoms with Crippen LogP contribution in [0.15, 0.2) is 0 Å². The average molecular weight is 129 g/mol. The predicted molar refractivity (Wildman–Crippen MR) is 24.2 cm³/mol. The van der Waals surface area contributed by atoms with E-state index in [9.17, 15) is 4.57 Å². The van der Waals surface area contributed by atoms with E-state index in [0.717, 1.165) is 0 Å². The molecule has 0 unspecified atom stereocenters. The van der Waals surface area contributed by atoms with Crippen LogP contribution in [0, 0.1) is 0 Å². The van der Waals surface area contributed by atoms with Gasteiger partial charge in [0.15, 0.2) is 0 Å². The van der Waals surface area contributed by atoms with Gasteiger partial charge in [-0.25, -0.2) is 0 Å². The van der Waals surface area contributed by atoms with Gasteiger partial charge in [-0.3, -0.25) is 4.57 Å². The number of rotatable bonds is 1. The maximum absolute atomic E-state index is 9.44. The first-order chi connectivity index (χ1) is 2.56. The molecule has 0 aromatic rings. The van der Waals surface area contributed by atoms with E-state index in [1.807, 2.05) is 0 Å². The lowest BCUT2D eigenvalue weighted by Crippen LogP contribution is -1.81. The fourth-order valence-electron chi connectivity index (χ4n) is 0. The van der Waals surface area contributed by atoms with Crippen molar-refractivity contribution in [2.24, 2.45) is 0 Å². The first-order valence-corrected chi connectivity index (χ1v) is 3.01. The third-order valence-corrected chi connectivity index (χ3v) is 0.553. The van der Waals surface area contributed by atoms with Crippen LogP contribution in [0.25, 0.3) is 0 Å². The number of aliphatic hydroxyl groups is 1. The summed E-state index contributed by atoms with van der Waals surface area (Å²) in [6.07, 6.45) is -1.06. The molecule has 0 rings (SSSR count). The van der Waals surface area contributed by atoms with E-state index >= 15 is 0 Å². The Morgan fingerprint density at radius 1 is 1.43 bits per heavy atom. The Hall–Kier alpha value is 0.0700. The van der Waals surface area contributed by atoms with Crippen molar-refractivity contribution in [3.8, 4) is 0 Å². The topological polar surface area (TPSA) is 113 Å². The van der Waals surface area contributed by atoms with Gasteiger partial charge in [-0.2, -0.15) is 0 Å². The highest BCUT2D eigenvalue weighted by Gasteiger charge is 2.07. The van der Waals surface area contributed by atoms with Gasteiger partial charge in [0.2, 0.25) is 0 Å². The van der Waals surface area contributed by atoms with Gasteiger partial charge in [0.25, 0.3) is 0 Å². The minimum Gasteiger partial charge on any atom is -0.384 e. The predicted octanol–water partition coefficient (Wildman–Crippen LogP) is -0.724. The molecule has 0 fully saturated rings. The van der Waals surface area contributed by atoms with Crippen molar-refractivity contribution in [3.63, 3.8) is 0 Å². The Kier molecular flexibility index (Phi) is 4.52. The third kappa shape index (κ3) is 10.7. The second kappa shape index (κ2) is 3.12. The van der Waals surface area contributed by atoms with Crippen molar-refractivity contribution in [2.75, 3.05) is 6.35 Å².